The van der Waals surface area contributed by atoms with Crippen LogP contribution < -0.4 is 0 Å². The summed E-state index contributed by atoms with van der Waals surface area (Å²) < 4.78 is 0.968. The highest BCUT2D eigenvalue weighted by Crippen LogP contribution is 2.23. The zero-order valence-electron chi connectivity index (χ0n) is 8.49. The molecule has 0 nitrogen and oxygen atoms in total. The van der Waals surface area contributed by atoms with Crippen LogP contribution in [0.3, 0.4) is 0 Å². The third-order valence-corrected chi connectivity index (χ3v) is 3.38. The Kier molecular flexibility index (Phi) is 3.83. The van der Waals surface area contributed by atoms with Crippen molar-refractivity contribution in [3.63, 3.8) is 0 Å². The number of benzene rings is 1. The molecule has 1 aromatic rings. The van der Waals surface area contributed by atoms with Crippen molar-refractivity contribution in [2.24, 2.45) is 0 Å². The average molecular weight is 288 g/mol. The van der Waals surface area contributed by atoms with E-state index in [1.165, 1.54) is 0 Å². The summed E-state index contributed by atoms with van der Waals surface area (Å²) in [7, 11) is -1.33. The van der Waals surface area contributed by atoms with E-state index >= 15 is 0 Å². The van der Waals surface area contributed by atoms with E-state index < -0.39 is 8.07 Å². The first-order valence-electron chi connectivity index (χ1n) is 4.37. The van der Waals surface area contributed by atoms with Gasteiger partial charge in [-0.15, -0.1) is 5.54 Å². The first kappa shape index (κ1) is 11.8. The van der Waals surface area contributed by atoms with Crippen molar-refractivity contribution < 1.29 is 0 Å². The molecule has 0 aliphatic carbocycles. The summed E-state index contributed by atoms with van der Waals surface area (Å²) in [5.74, 6) is 3.15. The second-order valence-electron chi connectivity index (χ2n) is 4.10. The van der Waals surface area contributed by atoms with E-state index in [1.54, 1.807) is 0 Å². The summed E-state index contributed by atoms with van der Waals surface area (Å²) in [6.45, 7) is 6.64. The topological polar surface area (TPSA) is 0 Å². The Bertz CT molecular complexity index is 376. The standard InChI is InChI=1S/C11H12BrClSi/c1-14(2,3)8-7-9-10(12)5-4-6-11(9)13/h4-6H,1-3H3. The Labute approximate surface area is 99.8 Å². The summed E-state index contributed by atoms with van der Waals surface area (Å²) >= 11 is 9.48. The summed E-state index contributed by atoms with van der Waals surface area (Å²) in [5, 5.41) is 0.713. The van der Waals surface area contributed by atoms with Gasteiger partial charge in [-0.1, -0.05) is 43.2 Å². The number of hydrogen-bond acceptors (Lipinski definition) is 0. The highest BCUT2D eigenvalue weighted by Gasteiger charge is 2.08. The number of rotatable bonds is 0. The van der Waals surface area contributed by atoms with Crippen molar-refractivity contribution in [1.29, 1.82) is 0 Å². The van der Waals surface area contributed by atoms with Gasteiger partial charge in [0.15, 0.2) is 0 Å². The van der Waals surface area contributed by atoms with Gasteiger partial charge >= 0.3 is 0 Å². The van der Waals surface area contributed by atoms with Crippen LogP contribution in [0.4, 0.5) is 0 Å². The zero-order chi connectivity index (χ0) is 10.8. The third kappa shape index (κ3) is 3.49. The molecule has 3 heteroatoms. The summed E-state index contributed by atoms with van der Waals surface area (Å²) in [6.07, 6.45) is 0. The van der Waals surface area contributed by atoms with Crippen LogP contribution in [-0.4, -0.2) is 8.07 Å². The van der Waals surface area contributed by atoms with E-state index in [4.69, 9.17) is 11.6 Å². The smallest absolute Gasteiger partial charge is 0.127 e. The first-order chi connectivity index (χ1) is 6.40. The fraction of sp³-hybridized carbons (Fsp3) is 0.273. The minimum absolute atomic E-state index is 0.713. The first-order valence-corrected chi connectivity index (χ1v) is 9.04. The SMILES string of the molecule is C[Si](C)(C)C#Cc1c(Cl)cccc1Br. The predicted molar refractivity (Wildman–Crippen MR) is 69.4 cm³/mol. The van der Waals surface area contributed by atoms with Crippen LogP contribution in [0.15, 0.2) is 22.7 Å². The van der Waals surface area contributed by atoms with Gasteiger partial charge < -0.3 is 0 Å². The Balaban J connectivity index is 3.13. The molecule has 0 unspecified atom stereocenters. The average Bonchev–Trinajstić information content (AvgIpc) is 2.01. The van der Waals surface area contributed by atoms with E-state index in [0.717, 1.165) is 10.0 Å². The lowest BCUT2D eigenvalue weighted by atomic mass is 10.2. The third-order valence-electron chi connectivity index (χ3n) is 1.53. The number of halogens is 2. The molecular formula is C11H12BrClSi. The molecule has 74 valence electrons. The van der Waals surface area contributed by atoms with Crippen molar-refractivity contribution in [2.45, 2.75) is 19.6 Å². The molecule has 0 aliphatic rings. The molecule has 0 heterocycles. The Hall–Kier alpha value is -0.233. The van der Waals surface area contributed by atoms with Gasteiger partial charge in [-0.05, 0) is 28.1 Å². The van der Waals surface area contributed by atoms with Gasteiger partial charge in [-0.3, -0.25) is 0 Å². The van der Waals surface area contributed by atoms with E-state index in [2.05, 4.69) is 47.0 Å². The van der Waals surface area contributed by atoms with Gasteiger partial charge in [0.05, 0.1) is 10.6 Å². The molecular weight excluding hydrogens is 276 g/mol. The molecule has 1 rings (SSSR count). The van der Waals surface area contributed by atoms with Crippen LogP contribution in [0.25, 0.3) is 0 Å². The summed E-state index contributed by atoms with van der Waals surface area (Å²) in [6, 6.07) is 5.73. The molecule has 1 aromatic carbocycles. The van der Waals surface area contributed by atoms with Gasteiger partial charge in [-0.25, -0.2) is 0 Å². The second kappa shape index (κ2) is 4.52. The number of hydrogen-bond donors (Lipinski definition) is 0. The fourth-order valence-electron chi connectivity index (χ4n) is 0.867. The van der Waals surface area contributed by atoms with Gasteiger partial charge in [-0.2, -0.15) is 0 Å². The van der Waals surface area contributed by atoms with E-state index in [-0.39, 0.29) is 0 Å². The molecule has 0 bridgehead atoms. The molecule has 0 saturated carbocycles. The van der Waals surface area contributed by atoms with Crippen LogP contribution in [0.1, 0.15) is 5.56 Å². The zero-order valence-corrected chi connectivity index (χ0v) is 11.8. The highest BCUT2D eigenvalue weighted by molar-refractivity contribution is 9.10. The normalized spacial score (nSPS) is 10.6. The molecule has 0 spiro atoms. The molecule has 14 heavy (non-hydrogen) atoms. The minimum atomic E-state index is -1.33. The monoisotopic (exact) mass is 286 g/mol. The predicted octanol–water partition coefficient (Wildman–Crippen LogP) is 4.33. The quantitative estimate of drug-likeness (QED) is 0.492. The van der Waals surface area contributed by atoms with E-state index in [0.29, 0.717) is 5.02 Å². The molecule has 0 radical (unpaired) electrons. The molecule has 0 saturated heterocycles. The van der Waals surface area contributed by atoms with E-state index in [1.807, 2.05) is 18.2 Å². The summed E-state index contributed by atoms with van der Waals surface area (Å²) in [5.41, 5.74) is 4.19. The van der Waals surface area contributed by atoms with Crippen molar-refractivity contribution >= 4 is 35.6 Å². The van der Waals surface area contributed by atoms with Crippen molar-refractivity contribution in [3.8, 4) is 11.5 Å². The van der Waals surface area contributed by atoms with Crippen molar-refractivity contribution in [1.82, 2.24) is 0 Å². The maximum absolute atomic E-state index is 6.04. The maximum atomic E-state index is 6.04. The van der Waals surface area contributed by atoms with Gasteiger partial charge in [0, 0.05) is 4.47 Å². The van der Waals surface area contributed by atoms with Gasteiger partial charge in [0.2, 0.25) is 0 Å². The molecule has 0 fully saturated rings. The second-order valence-corrected chi connectivity index (χ2v) is 10.1. The van der Waals surface area contributed by atoms with Crippen molar-refractivity contribution in [3.05, 3.63) is 33.3 Å². The van der Waals surface area contributed by atoms with Crippen LogP contribution in [-0.2, 0) is 0 Å². The lowest BCUT2D eigenvalue weighted by molar-refractivity contribution is 1.59. The van der Waals surface area contributed by atoms with E-state index in [9.17, 15) is 0 Å². The molecule has 0 N–H and O–H groups in total. The van der Waals surface area contributed by atoms with Crippen molar-refractivity contribution in [2.75, 3.05) is 0 Å². The van der Waals surface area contributed by atoms with Crippen LogP contribution >= 0.6 is 27.5 Å². The largest absolute Gasteiger partial charge is 0.129 e. The Morgan fingerprint density at radius 2 is 1.93 bits per heavy atom. The molecule has 0 aromatic heterocycles. The van der Waals surface area contributed by atoms with Crippen LogP contribution in [0.5, 0.6) is 0 Å². The fourth-order valence-corrected chi connectivity index (χ4v) is 2.17. The molecule has 0 aliphatic heterocycles. The van der Waals surface area contributed by atoms with Gasteiger partial charge in [0.1, 0.15) is 8.07 Å². The van der Waals surface area contributed by atoms with Crippen LogP contribution in [0.2, 0.25) is 24.7 Å². The lowest BCUT2D eigenvalue weighted by Gasteiger charge is -2.04. The minimum Gasteiger partial charge on any atom is -0.127 e. The molecule has 0 amide bonds. The lowest BCUT2D eigenvalue weighted by Crippen LogP contribution is -2.16. The maximum Gasteiger partial charge on any atom is 0.129 e. The van der Waals surface area contributed by atoms with Crippen LogP contribution in [0, 0.1) is 11.5 Å². The Morgan fingerprint density at radius 1 is 1.29 bits per heavy atom. The molecule has 0 atom stereocenters. The van der Waals surface area contributed by atoms with Gasteiger partial charge in [0.25, 0.3) is 0 Å². The summed E-state index contributed by atoms with van der Waals surface area (Å²) in [4.78, 5) is 0. The Morgan fingerprint density at radius 3 is 2.43 bits per heavy atom. The highest BCUT2D eigenvalue weighted by atomic mass is 79.9.